The first-order chi connectivity index (χ1) is 20.7. The third-order valence-corrected chi connectivity index (χ3v) is 7.51. The molecule has 6 aromatic rings. The molecule has 6 rings (SSSR count). The summed E-state index contributed by atoms with van der Waals surface area (Å²) in [5.74, 6) is 0. The quantitative estimate of drug-likeness (QED) is 0.169. The number of nitrogens with zero attached hydrogens (tertiary/aromatic N) is 3. The van der Waals surface area contributed by atoms with Crippen LogP contribution in [0.5, 0.6) is 0 Å². The Balaban J connectivity index is 1.62. The first kappa shape index (κ1) is 26.3. The summed E-state index contributed by atoms with van der Waals surface area (Å²) in [6.07, 6.45) is 7.07. The van der Waals surface area contributed by atoms with Crippen LogP contribution in [-0.2, 0) is 0 Å². The lowest BCUT2D eigenvalue weighted by Crippen LogP contribution is -1.93. The number of hydrogen-bond acceptors (Lipinski definition) is 4. The second-order valence-corrected chi connectivity index (χ2v) is 9.93. The Morgan fingerprint density at radius 3 is 1.88 bits per heavy atom. The van der Waals surface area contributed by atoms with Gasteiger partial charge in [0.2, 0.25) is 0 Å². The molecule has 4 heteroatoms. The molecule has 0 radical (unpaired) electrons. The molecule has 0 aliphatic rings. The summed E-state index contributed by atoms with van der Waals surface area (Å²) in [5, 5.41) is 23.7. The van der Waals surface area contributed by atoms with E-state index in [9.17, 15) is 10.5 Å². The highest BCUT2D eigenvalue weighted by Gasteiger charge is 2.17. The number of fused-ring (bicyclic) bond motifs is 2. The van der Waals surface area contributed by atoms with E-state index in [1.165, 1.54) is 6.20 Å². The van der Waals surface area contributed by atoms with E-state index in [0.29, 0.717) is 5.69 Å². The summed E-state index contributed by atoms with van der Waals surface area (Å²) >= 11 is 0. The second-order valence-electron chi connectivity index (χ2n) is 9.93. The van der Waals surface area contributed by atoms with E-state index < -0.39 is 0 Å². The Hall–Kier alpha value is -5.97. The molecular weight excluding hydrogens is 512 g/mol. The van der Waals surface area contributed by atoms with Gasteiger partial charge in [-0.1, -0.05) is 91.0 Å². The van der Waals surface area contributed by atoms with E-state index >= 15 is 0 Å². The zero-order chi connectivity index (χ0) is 28.9. The van der Waals surface area contributed by atoms with Crippen LogP contribution in [0.2, 0.25) is 0 Å². The van der Waals surface area contributed by atoms with Gasteiger partial charge in [0, 0.05) is 11.8 Å². The van der Waals surface area contributed by atoms with Crippen LogP contribution in [0.1, 0.15) is 17.7 Å². The zero-order valence-corrected chi connectivity index (χ0v) is 22.8. The van der Waals surface area contributed by atoms with Gasteiger partial charge in [-0.15, -0.1) is 0 Å². The molecule has 1 heterocycles. The molecule has 0 saturated carbocycles. The van der Waals surface area contributed by atoms with Crippen molar-refractivity contribution in [3.05, 3.63) is 145 Å². The highest BCUT2D eigenvalue weighted by molar-refractivity contribution is 6.21. The monoisotopic (exact) mass is 538 g/mol. The van der Waals surface area contributed by atoms with Crippen molar-refractivity contribution in [1.82, 2.24) is 4.98 Å². The highest BCUT2D eigenvalue weighted by Crippen LogP contribution is 2.44. The van der Waals surface area contributed by atoms with Crippen molar-refractivity contribution in [3.63, 3.8) is 0 Å². The molecular formula is C38H26N4. The van der Waals surface area contributed by atoms with Gasteiger partial charge < -0.3 is 5.73 Å². The van der Waals surface area contributed by atoms with Crippen LogP contribution in [-0.4, -0.2) is 4.98 Å². The smallest absolute Gasteiger partial charge is 0.148 e. The molecule has 2 N–H and O–H groups in total. The molecule has 0 atom stereocenters. The van der Waals surface area contributed by atoms with Gasteiger partial charge in [0.15, 0.2) is 0 Å². The van der Waals surface area contributed by atoms with Crippen molar-refractivity contribution in [1.29, 1.82) is 10.5 Å². The summed E-state index contributed by atoms with van der Waals surface area (Å²) in [6.45, 7) is 0. The Morgan fingerprint density at radius 1 is 0.690 bits per heavy atom. The fourth-order valence-electron chi connectivity index (χ4n) is 5.71. The lowest BCUT2D eigenvalue weighted by Gasteiger charge is -2.18. The molecule has 5 aromatic carbocycles. The third-order valence-electron chi connectivity index (χ3n) is 7.51. The largest absolute Gasteiger partial charge is 0.405 e. The third kappa shape index (κ3) is 4.79. The van der Waals surface area contributed by atoms with Gasteiger partial charge in [0.05, 0.1) is 12.5 Å². The van der Waals surface area contributed by atoms with Gasteiger partial charge >= 0.3 is 0 Å². The fourth-order valence-corrected chi connectivity index (χ4v) is 5.71. The van der Waals surface area contributed by atoms with Crippen molar-refractivity contribution < 1.29 is 0 Å². The standard InChI is InChI=1S/C38H26N4/c39-20-7-13-26(19-21-40)27-9-5-11-29(23-27)37-32-14-1-3-16-34(32)38(35-17-4-2-15-33(35)37)30-12-6-10-28(24-30)31-18-8-22-42-36(31)25-41/h1-18,20,22-24H,19,39H2/b20-7-,26-13+. The Morgan fingerprint density at radius 2 is 1.29 bits per heavy atom. The normalized spacial score (nSPS) is 11.5. The van der Waals surface area contributed by atoms with Crippen molar-refractivity contribution in [2.75, 3.05) is 0 Å². The number of nitrogens with two attached hydrogens (primary N) is 1. The molecule has 0 fully saturated rings. The first-order valence-electron chi connectivity index (χ1n) is 13.7. The molecule has 0 aliphatic carbocycles. The molecule has 198 valence electrons. The predicted molar refractivity (Wildman–Crippen MR) is 172 cm³/mol. The molecule has 0 bridgehead atoms. The minimum atomic E-state index is 0.287. The summed E-state index contributed by atoms with van der Waals surface area (Å²) < 4.78 is 0. The molecule has 0 amide bonds. The highest BCUT2D eigenvalue weighted by atomic mass is 14.7. The maximum atomic E-state index is 9.67. The van der Waals surface area contributed by atoms with Crippen LogP contribution in [0.15, 0.2) is 134 Å². The summed E-state index contributed by atoms with van der Waals surface area (Å²) in [5.41, 5.74) is 14.1. The molecule has 42 heavy (non-hydrogen) atoms. The Kier molecular flexibility index (Phi) is 7.28. The zero-order valence-electron chi connectivity index (χ0n) is 22.8. The number of allylic oxidation sites excluding steroid dienone is 3. The van der Waals surface area contributed by atoms with Crippen molar-refractivity contribution in [2.24, 2.45) is 5.73 Å². The number of aromatic nitrogens is 1. The average Bonchev–Trinajstić information content (AvgIpc) is 3.05. The van der Waals surface area contributed by atoms with Crippen LogP contribution in [0.3, 0.4) is 0 Å². The lowest BCUT2D eigenvalue weighted by molar-refractivity contribution is 1.26. The van der Waals surface area contributed by atoms with E-state index in [1.807, 2.05) is 42.5 Å². The van der Waals surface area contributed by atoms with Gasteiger partial charge in [0.1, 0.15) is 11.8 Å². The average molecular weight is 539 g/mol. The SMILES string of the molecule is N#CC/C(=C\C=C/N)c1cccc(-c2c3ccccc3c(-c3cccc(-c4cccnc4C#N)c3)c3ccccc23)c1. The Labute approximate surface area is 244 Å². The van der Waals surface area contributed by atoms with E-state index in [4.69, 9.17) is 5.73 Å². The topological polar surface area (TPSA) is 86.5 Å². The van der Waals surface area contributed by atoms with Crippen LogP contribution in [0.4, 0.5) is 0 Å². The number of pyridine rings is 1. The maximum Gasteiger partial charge on any atom is 0.148 e. The minimum Gasteiger partial charge on any atom is -0.405 e. The number of rotatable bonds is 6. The van der Waals surface area contributed by atoms with Gasteiger partial charge in [0.25, 0.3) is 0 Å². The molecule has 1 aromatic heterocycles. The van der Waals surface area contributed by atoms with E-state index in [1.54, 1.807) is 12.3 Å². The number of benzene rings is 5. The van der Waals surface area contributed by atoms with Gasteiger partial charge in [-0.25, -0.2) is 4.98 Å². The second kappa shape index (κ2) is 11.6. The predicted octanol–water partition coefficient (Wildman–Crippen LogP) is 9.03. The van der Waals surface area contributed by atoms with Crippen LogP contribution < -0.4 is 5.73 Å². The molecule has 0 unspecified atom stereocenters. The molecule has 0 saturated heterocycles. The van der Waals surface area contributed by atoms with Crippen LogP contribution in [0.25, 0.3) is 60.5 Å². The van der Waals surface area contributed by atoms with Gasteiger partial charge in [-0.3, -0.25) is 0 Å². The summed E-state index contributed by atoms with van der Waals surface area (Å²) in [6, 6.07) is 42.0. The van der Waals surface area contributed by atoms with Crippen LogP contribution in [0, 0.1) is 22.7 Å². The fraction of sp³-hybridized carbons (Fsp3) is 0.0263. The van der Waals surface area contributed by atoms with E-state index in [0.717, 1.165) is 66.1 Å². The molecule has 0 aliphatic heterocycles. The maximum absolute atomic E-state index is 9.67. The van der Waals surface area contributed by atoms with E-state index in [-0.39, 0.29) is 6.42 Å². The summed E-state index contributed by atoms with van der Waals surface area (Å²) in [7, 11) is 0. The Bertz CT molecular complexity index is 2050. The lowest BCUT2D eigenvalue weighted by atomic mass is 9.85. The van der Waals surface area contributed by atoms with Crippen molar-refractivity contribution in [3.8, 4) is 45.5 Å². The molecule has 0 spiro atoms. The van der Waals surface area contributed by atoms with Crippen molar-refractivity contribution >= 4 is 27.1 Å². The van der Waals surface area contributed by atoms with Crippen molar-refractivity contribution in [2.45, 2.75) is 6.42 Å². The molecule has 4 nitrogen and oxygen atoms in total. The first-order valence-corrected chi connectivity index (χ1v) is 13.7. The minimum absolute atomic E-state index is 0.287. The van der Waals surface area contributed by atoms with E-state index in [2.05, 4.69) is 89.9 Å². The number of nitriles is 2. The van der Waals surface area contributed by atoms with Crippen LogP contribution >= 0.6 is 0 Å². The summed E-state index contributed by atoms with van der Waals surface area (Å²) in [4.78, 5) is 4.28. The van der Waals surface area contributed by atoms with Gasteiger partial charge in [-0.05, 0) is 97.0 Å². The van der Waals surface area contributed by atoms with Gasteiger partial charge in [-0.2, -0.15) is 10.5 Å². The number of hydrogen-bond donors (Lipinski definition) is 1.